The standard InChI is InChI=1S/C29H22F3N5O/c1-18-23-17-36(29(38)33-25-16-21(31)12-13-24(25)32)27(19-7-5-8-20(30)15-19)26-11-6-14-35(26)28(23)37(34-18)22-9-3-2-4-10-22/h2-16,27H,17H2,1H3,(H,33,38)/t27-/m0/s1. The Morgan fingerprint density at radius 3 is 2.50 bits per heavy atom. The normalized spacial score (nSPS) is 14.5. The van der Waals surface area contributed by atoms with E-state index < -0.39 is 29.5 Å². The number of hydrogen-bond donors (Lipinski definition) is 1. The van der Waals surface area contributed by atoms with Crippen LogP contribution in [0, 0.1) is 24.4 Å². The zero-order chi connectivity index (χ0) is 26.4. The van der Waals surface area contributed by atoms with Crippen molar-refractivity contribution in [3.05, 3.63) is 131 Å². The highest BCUT2D eigenvalue weighted by molar-refractivity contribution is 5.90. The molecule has 190 valence electrons. The molecule has 3 aromatic carbocycles. The van der Waals surface area contributed by atoms with E-state index in [1.54, 1.807) is 12.1 Å². The van der Waals surface area contributed by atoms with Gasteiger partial charge in [-0.1, -0.05) is 30.3 Å². The molecule has 5 aromatic rings. The van der Waals surface area contributed by atoms with Gasteiger partial charge in [0.2, 0.25) is 0 Å². The molecule has 0 saturated heterocycles. The van der Waals surface area contributed by atoms with Gasteiger partial charge in [0.15, 0.2) is 0 Å². The summed E-state index contributed by atoms with van der Waals surface area (Å²) in [6.45, 7) is 1.94. The summed E-state index contributed by atoms with van der Waals surface area (Å²) >= 11 is 0. The molecule has 6 nitrogen and oxygen atoms in total. The lowest BCUT2D eigenvalue weighted by molar-refractivity contribution is 0.194. The van der Waals surface area contributed by atoms with E-state index in [-0.39, 0.29) is 12.2 Å². The number of carbonyl (C=O) groups excluding carboxylic acids is 1. The molecule has 3 heterocycles. The summed E-state index contributed by atoms with van der Waals surface area (Å²) in [5.74, 6) is -1.17. The van der Waals surface area contributed by atoms with Gasteiger partial charge in [-0.25, -0.2) is 22.6 Å². The minimum Gasteiger partial charge on any atom is -0.307 e. The summed E-state index contributed by atoms with van der Waals surface area (Å²) in [4.78, 5) is 15.3. The molecule has 0 aliphatic carbocycles. The molecular formula is C29H22F3N5O. The number of fused-ring (bicyclic) bond motifs is 3. The van der Waals surface area contributed by atoms with Gasteiger partial charge in [-0.2, -0.15) is 5.10 Å². The molecule has 0 bridgehead atoms. The Balaban J connectivity index is 1.54. The van der Waals surface area contributed by atoms with Crippen LogP contribution in [0.2, 0.25) is 0 Å². The van der Waals surface area contributed by atoms with E-state index in [4.69, 9.17) is 5.10 Å². The summed E-state index contributed by atoms with van der Waals surface area (Å²) in [5.41, 5.74) is 3.21. The number of amides is 2. The summed E-state index contributed by atoms with van der Waals surface area (Å²) in [7, 11) is 0. The number of para-hydroxylation sites is 1. The van der Waals surface area contributed by atoms with E-state index in [1.165, 1.54) is 17.0 Å². The molecule has 0 fully saturated rings. The van der Waals surface area contributed by atoms with Crippen LogP contribution in [0.1, 0.15) is 28.6 Å². The van der Waals surface area contributed by atoms with Crippen molar-refractivity contribution < 1.29 is 18.0 Å². The lowest BCUT2D eigenvalue weighted by atomic mass is 10.0. The van der Waals surface area contributed by atoms with Crippen LogP contribution in [0.15, 0.2) is 91.1 Å². The van der Waals surface area contributed by atoms with E-state index in [2.05, 4.69) is 5.32 Å². The number of hydrogen-bond acceptors (Lipinski definition) is 2. The maximum atomic E-state index is 14.5. The third-order valence-electron chi connectivity index (χ3n) is 6.68. The first-order chi connectivity index (χ1) is 18.4. The molecule has 1 aliphatic rings. The SMILES string of the molecule is Cc1nn(-c2ccccc2)c2c1CN(C(=O)Nc1cc(F)ccc1F)[C@@H](c1cccc(F)c1)c1cccn1-2. The van der Waals surface area contributed by atoms with Gasteiger partial charge in [-0.05, 0) is 61.0 Å². The van der Waals surface area contributed by atoms with Gasteiger partial charge < -0.3 is 14.8 Å². The fourth-order valence-electron chi connectivity index (χ4n) is 4.96. The number of benzene rings is 3. The van der Waals surface area contributed by atoms with Crippen LogP contribution in [0.4, 0.5) is 23.7 Å². The van der Waals surface area contributed by atoms with Crippen LogP contribution < -0.4 is 5.32 Å². The Labute approximate surface area is 216 Å². The fourth-order valence-corrected chi connectivity index (χ4v) is 4.96. The summed E-state index contributed by atoms with van der Waals surface area (Å²) in [6.07, 6.45) is 1.87. The average molecular weight is 514 g/mol. The maximum absolute atomic E-state index is 14.5. The molecule has 38 heavy (non-hydrogen) atoms. The summed E-state index contributed by atoms with van der Waals surface area (Å²) in [6, 6.07) is 20.8. The van der Waals surface area contributed by atoms with Gasteiger partial charge in [0.05, 0.1) is 35.3 Å². The van der Waals surface area contributed by atoms with Crippen molar-refractivity contribution in [2.75, 3.05) is 5.32 Å². The molecule has 1 N–H and O–H groups in total. The molecule has 2 aromatic heterocycles. The van der Waals surface area contributed by atoms with Crippen molar-refractivity contribution in [3.8, 4) is 11.5 Å². The predicted molar refractivity (Wildman–Crippen MR) is 137 cm³/mol. The number of carbonyl (C=O) groups is 1. The number of anilines is 1. The molecular weight excluding hydrogens is 491 g/mol. The Morgan fingerprint density at radius 1 is 0.921 bits per heavy atom. The first-order valence-electron chi connectivity index (χ1n) is 12.0. The molecule has 0 radical (unpaired) electrons. The van der Waals surface area contributed by atoms with E-state index in [0.717, 1.165) is 35.3 Å². The number of urea groups is 1. The van der Waals surface area contributed by atoms with Gasteiger partial charge >= 0.3 is 6.03 Å². The minimum absolute atomic E-state index is 0.0830. The summed E-state index contributed by atoms with van der Waals surface area (Å²) < 4.78 is 46.5. The smallest absolute Gasteiger partial charge is 0.307 e. The number of aromatic nitrogens is 3. The van der Waals surface area contributed by atoms with E-state index in [1.807, 2.05) is 64.8 Å². The molecule has 0 saturated carbocycles. The molecule has 0 unspecified atom stereocenters. The first-order valence-corrected chi connectivity index (χ1v) is 12.0. The highest BCUT2D eigenvalue weighted by Crippen LogP contribution is 2.39. The number of rotatable bonds is 3. The highest BCUT2D eigenvalue weighted by Gasteiger charge is 2.36. The zero-order valence-electron chi connectivity index (χ0n) is 20.3. The Kier molecular flexibility index (Phi) is 5.75. The van der Waals surface area contributed by atoms with Crippen LogP contribution in [-0.4, -0.2) is 25.3 Å². The van der Waals surface area contributed by atoms with Gasteiger partial charge in [-0.15, -0.1) is 0 Å². The molecule has 0 spiro atoms. The highest BCUT2D eigenvalue weighted by atomic mass is 19.1. The van der Waals surface area contributed by atoms with Gasteiger partial charge in [0, 0.05) is 17.8 Å². The maximum Gasteiger partial charge on any atom is 0.323 e. The molecule has 9 heteroatoms. The fraction of sp³-hybridized carbons (Fsp3) is 0.103. The molecule has 1 atom stereocenters. The second kappa shape index (κ2) is 9.26. The largest absolute Gasteiger partial charge is 0.323 e. The number of aryl methyl sites for hydroxylation is 1. The van der Waals surface area contributed by atoms with Gasteiger partial charge in [0.1, 0.15) is 23.3 Å². The molecule has 2 amide bonds. The topological polar surface area (TPSA) is 55.1 Å². The summed E-state index contributed by atoms with van der Waals surface area (Å²) in [5, 5.41) is 7.28. The number of halogens is 3. The van der Waals surface area contributed by atoms with Gasteiger partial charge in [-0.3, -0.25) is 0 Å². The van der Waals surface area contributed by atoms with E-state index in [0.29, 0.717) is 17.0 Å². The van der Waals surface area contributed by atoms with Crippen LogP contribution in [0.3, 0.4) is 0 Å². The molecule has 6 rings (SSSR count). The zero-order valence-corrected chi connectivity index (χ0v) is 20.3. The van der Waals surface area contributed by atoms with Crippen LogP contribution in [0.5, 0.6) is 0 Å². The van der Waals surface area contributed by atoms with E-state index in [9.17, 15) is 18.0 Å². The van der Waals surface area contributed by atoms with Crippen molar-refractivity contribution in [3.63, 3.8) is 0 Å². The Hall–Kier alpha value is -4.79. The van der Waals surface area contributed by atoms with Crippen molar-refractivity contribution in [2.24, 2.45) is 0 Å². The van der Waals surface area contributed by atoms with Gasteiger partial charge in [0.25, 0.3) is 0 Å². The quantitative estimate of drug-likeness (QED) is 0.298. The van der Waals surface area contributed by atoms with Crippen molar-refractivity contribution in [1.82, 2.24) is 19.2 Å². The third kappa shape index (κ3) is 4.02. The van der Waals surface area contributed by atoms with Crippen molar-refractivity contribution >= 4 is 11.7 Å². The van der Waals surface area contributed by atoms with Crippen LogP contribution in [-0.2, 0) is 6.54 Å². The Bertz CT molecular complexity index is 1660. The second-order valence-electron chi connectivity index (χ2n) is 9.08. The number of nitrogens with one attached hydrogen (secondary N) is 1. The van der Waals surface area contributed by atoms with Crippen molar-refractivity contribution in [1.29, 1.82) is 0 Å². The van der Waals surface area contributed by atoms with Crippen molar-refractivity contribution in [2.45, 2.75) is 19.5 Å². The minimum atomic E-state index is -0.769. The number of nitrogens with zero attached hydrogens (tertiary/aromatic N) is 4. The average Bonchev–Trinajstić information content (AvgIpc) is 3.47. The second-order valence-corrected chi connectivity index (χ2v) is 9.08. The van der Waals surface area contributed by atoms with Crippen LogP contribution in [0.25, 0.3) is 11.5 Å². The van der Waals surface area contributed by atoms with Crippen LogP contribution >= 0.6 is 0 Å². The monoisotopic (exact) mass is 513 g/mol. The Morgan fingerprint density at radius 2 is 1.71 bits per heavy atom. The predicted octanol–water partition coefficient (Wildman–Crippen LogP) is 6.53. The lowest BCUT2D eigenvalue weighted by Gasteiger charge is -2.31. The lowest BCUT2D eigenvalue weighted by Crippen LogP contribution is -2.38. The third-order valence-corrected chi connectivity index (χ3v) is 6.68. The first kappa shape index (κ1) is 23.6. The van der Waals surface area contributed by atoms with E-state index >= 15 is 0 Å². The molecule has 1 aliphatic heterocycles.